The summed E-state index contributed by atoms with van der Waals surface area (Å²) in [4.78, 5) is 0. The molecule has 1 aliphatic rings. The minimum absolute atomic E-state index is 0.118. The number of hydrazine groups is 1. The third-order valence-corrected chi connectivity index (χ3v) is 4.90. The fourth-order valence-corrected chi connectivity index (χ4v) is 3.80. The van der Waals surface area contributed by atoms with Gasteiger partial charge in [0.1, 0.15) is 16.0 Å². The van der Waals surface area contributed by atoms with Crippen molar-refractivity contribution >= 4 is 15.9 Å². The van der Waals surface area contributed by atoms with Gasteiger partial charge in [-0.05, 0) is 46.8 Å². The third-order valence-electron chi connectivity index (χ3n) is 4.15. The van der Waals surface area contributed by atoms with Crippen molar-refractivity contribution in [2.24, 2.45) is 11.8 Å². The van der Waals surface area contributed by atoms with E-state index >= 15 is 0 Å². The van der Waals surface area contributed by atoms with E-state index in [1.807, 2.05) is 12.1 Å². The number of ether oxygens (including phenoxy) is 2. The Morgan fingerprint density at radius 2 is 1.90 bits per heavy atom. The molecule has 1 unspecified atom stereocenters. The molecular formula is C15H23BrN2O2. The Hall–Kier alpha value is -0.780. The number of nitrogens with two attached hydrogens (primary N) is 1. The summed E-state index contributed by atoms with van der Waals surface area (Å²) in [6.45, 7) is 0. The monoisotopic (exact) mass is 342 g/mol. The predicted molar refractivity (Wildman–Crippen MR) is 83.9 cm³/mol. The number of rotatable bonds is 5. The van der Waals surface area contributed by atoms with Crippen LogP contribution in [0.5, 0.6) is 11.5 Å². The second-order valence-electron chi connectivity index (χ2n) is 5.25. The van der Waals surface area contributed by atoms with Crippen LogP contribution in [-0.2, 0) is 0 Å². The van der Waals surface area contributed by atoms with Crippen LogP contribution in [0.4, 0.5) is 0 Å². The van der Waals surface area contributed by atoms with E-state index in [9.17, 15) is 0 Å². The Morgan fingerprint density at radius 1 is 1.20 bits per heavy atom. The molecule has 0 saturated heterocycles. The van der Waals surface area contributed by atoms with Crippen LogP contribution >= 0.6 is 15.9 Å². The number of methoxy groups -OCH3 is 2. The maximum atomic E-state index is 5.83. The first kappa shape index (κ1) is 15.6. The molecule has 5 heteroatoms. The number of nitrogens with one attached hydrogen (secondary N) is 1. The Balaban J connectivity index is 2.35. The fraction of sp³-hybridized carbons (Fsp3) is 0.600. The molecule has 20 heavy (non-hydrogen) atoms. The molecule has 1 saturated carbocycles. The van der Waals surface area contributed by atoms with Crippen molar-refractivity contribution in [1.29, 1.82) is 0 Å². The highest BCUT2D eigenvalue weighted by Crippen LogP contribution is 2.43. The molecule has 3 N–H and O–H groups in total. The van der Waals surface area contributed by atoms with Gasteiger partial charge in [0.05, 0.1) is 20.3 Å². The van der Waals surface area contributed by atoms with Gasteiger partial charge in [0.25, 0.3) is 0 Å². The average Bonchev–Trinajstić information content (AvgIpc) is 2.49. The fourth-order valence-electron chi connectivity index (χ4n) is 3.11. The second kappa shape index (κ2) is 7.29. The Kier molecular flexibility index (Phi) is 5.69. The van der Waals surface area contributed by atoms with Gasteiger partial charge >= 0.3 is 0 Å². The molecule has 0 bridgehead atoms. The smallest absolute Gasteiger partial charge is 0.141 e. The van der Waals surface area contributed by atoms with E-state index in [0.29, 0.717) is 5.92 Å². The third kappa shape index (κ3) is 3.10. The van der Waals surface area contributed by atoms with Gasteiger partial charge in [-0.15, -0.1) is 0 Å². The largest absolute Gasteiger partial charge is 0.495 e. The number of halogens is 1. The van der Waals surface area contributed by atoms with E-state index in [1.165, 1.54) is 32.1 Å². The summed E-state index contributed by atoms with van der Waals surface area (Å²) < 4.78 is 11.7. The molecule has 1 aromatic carbocycles. The molecule has 112 valence electrons. The zero-order valence-electron chi connectivity index (χ0n) is 12.1. The van der Waals surface area contributed by atoms with Crippen molar-refractivity contribution in [3.63, 3.8) is 0 Å². The molecule has 0 radical (unpaired) electrons. The molecule has 0 aliphatic heterocycles. The van der Waals surface area contributed by atoms with Crippen LogP contribution in [0.1, 0.15) is 43.7 Å². The summed E-state index contributed by atoms with van der Waals surface area (Å²) in [7, 11) is 3.33. The van der Waals surface area contributed by atoms with Crippen LogP contribution in [-0.4, -0.2) is 14.2 Å². The van der Waals surface area contributed by atoms with Gasteiger partial charge in [-0.3, -0.25) is 11.3 Å². The zero-order valence-corrected chi connectivity index (χ0v) is 13.7. The summed E-state index contributed by atoms with van der Waals surface area (Å²) in [5, 5.41) is 0. The van der Waals surface area contributed by atoms with Gasteiger partial charge in [0.15, 0.2) is 0 Å². The molecule has 1 atom stereocenters. The molecule has 4 nitrogen and oxygen atoms in total. The molecular weight excluding hydrogens is 320 g/mol. The van der Waals surface area contributed by atoms with Crippen LogP contribution < -0.4 is 20.7 Å². The van der Waals surface area contributed by atoms with E-state index in [4.69, 9.17) is 15.3 Å². The topological polar surface area (TPSA) is 56.5 Å². The first-order valence-corrected chi connectivity index (χ1v) is 7.88. The zero-order chi connectivity index (χ0) is 14.5. The molecule has 1 aliphatic carbocycles. The predicted octanol–water partition coefficient (Wildman–Crippen LogP) is 3.55. The van der Waals surface area contributed by atoms with Gasteiger partial charge in [0, 0.05) is 5.56 Å². The Morgan fingerprint density at radius 3 is 2.45 bits per heavy atom. The minimum atomic E-state index is 0.118. The van der Waals surface area contributed by atoms with Crippen molar-refractivity contribution in [1.82, 2.24) is 5.43 Å². The summed E-state index contributed by atoms with van der Waals surface area (Å²) in [5.74, 6) is 7.96. The second-order valence-corrected chi connectivity index (χ2v) is 6.04. The molecule has 0 aromatic heterocycles. The summed E-state index contributed by atoms with van der Waals surface area (Å²) in [5.41, 5.74) is 4.08. The quantitative estimate of drug-likeness (QED) is 0.634. The maximum absolute atomic E-state index is 5.83. The number of benzene rings is 1. The van der Waals surface area contributed by atoms with E-state index in [1.54, 1.807) is 14.2 Å². The standard InChI is InChI=1S/C15H23BrN2O2/c1-19-12-9-8-11(15(20-2)13(12)16)14(18-17)10-6-4-3-5-7-10/h8-10,14,18H,3-7,17H2,1-2H3. The summed E-state index contributed by atoms with van der Waals surface area (Å²) in [6.07, 6.45) is 6.31. The molecule has 0 amide bonds. The lowest BCUT2D eigenvalue weighted by Gasteiger charge is -2.31. The lowest BCUT2D eigenvalue weighted by atomic mass is 9.81. The summed E-state index contributed by atoms with van der Waals surface area (Å²) >= 11 is 3.56. The van der Waals surface area contributed by atoms with Gasteiger partial charge in [0.2, 0.25) is 0 Å². The SMILES string of the molecule is COc1ccc(C(NN)C2CCCCC2)c(OC)c1Br. The van der Waals surface area contributed by atoms with Gasteiger partial charge in [-0.25, -0.2) is 0 Å². The van der Waals surface area contributed by atoms with Crippen molar-refractivity contribution in [3.05, 3.63) is 22.2 Å². The highest BCUT2D eigenvalue weighted by atomic mass is 79.9. The van der Waals surface area contributed by atoms with E-state index in [-0.39, 0.29) is 6.04 Å². The van der Waals surface area contributed by atoms with Crippen molar-refractivity contribution in [3.8, 4) is 11.5 Å². The van der Waals surface area contributed by atoms with Crippen LogP contribution in [0.3, 0.4) is 0 Å². The number of hydrogen-bond donors (Lipinski definition) is 2. The lowest BCUT2D eigenvalue weighted by molar-refractivity contribution is 0.266. The van der Waals surface area contributed by atoms with Gasteiger partial charge in [-0.1, -0.05) is 19.3 Å². The van der Waals surface area contributed by atoms with Crippen molar-refractivity contribution < 1.29 is 9.47 Å². The average molecular weight is 343 g/mol. The van der Waals surface area contributed by atoms with Crippen molar-refractivity contribution in [2.75, 3.05) is 14.2 Å². The highest BCUT2D eigenvalue weighted by molar-refractivity contribution is 9.10. The minimum Gasteiger partial charge on any atom is -0.495 e. The first-order chi connectivity index (χ1) is 9.72. The molecule has 0 heterocycles. The van der Waals surface area contributed by atoms with E-state index < -0.39 is 0 Å². The molecule has 1 fully saturated rings. The first-order valence-electron chi connectivity index (χ1n) is 7.09. The normalized spacial score (nSPS) is 17.8. The van der Waals surface area contributed by atoms with E-state index in [2.05, 4.69) is 21.4 Å². The van der Waals surface area contributed by atoms with E-state index in [0.717, 1.165) is 21.5 Å². The van der Waals surface area contributed by atoms with Crippen LogP contribution in [0, 0.1) is 5.92 Å². The Bertz CT molecular complexity index is 448. The lowest BCUT2D eigenvalue weighted by Crippen LogP contribution is -2.34. The molecule has 1 aromatic rings. The Labute approximate surface area is 129 Å². The molecule has 0 spiro atoms. The molecule has 2 rings (SSSR count). The maximum Gasteiger partial charge on any atom is 0.141 e. The van der Waals surface area contributed by atoms with Gasteiger partial charge < -0.3 is 9.47 Å². The van der Waals surface area contributed by atoms with Crippen LogP contribution in [0.25, 0.3) is 0 Å². The number of hydrogen-bond acceptors (Lipinski definition) is 4. The van der Waals surface area contributed by atoms with Crippen LogP contribution in [0.15, 0.2) is 16.6 Å². The van der Waals surface area contributed by atoms with Crippen molar-refractivity contribution in [2.45, 2.75) is 38.1 Å². The highest BCUT2D eigenvalue weighted by Gasteiger charge is 2.28. The summed E-state index contributed by atoms with van der Waals surface area (Å²) in [6, 6.07) is 4.11. The van der Waals surface area contributed by atoms with Gasteiger partial charge in [-0.2, -0.15) is 0 Å². The van der Waals surface area contributed by atoms with Crippen LogP contribution in [0.2, 0.25) is 0 Å².